The molecule has 0 fully saturated rings. The summed E-state index contributed by atoms with van der Waals surface area (Å²) in [6.07, 6.45) is 2.20. The van der Waals surface area contributed by atoms with Crippen LogP contribution in [0.25, 0.3) is 22.3 Å². The number of hydrogen-bond donors (Lipinski definition) is 0. The van der Waals surface area contributed by atoms with Crippen molar-refractivity contribution in [1.29, 1.82) is 0 Å². The first-order chi connectivity index (χ1) is 10.3. The second-order valence-corrected chi connectivity index (χ2v) is 6.29. The van der Waals surface area contributed by atoms with Crippen LogP contribution in [0.1, 0.15) is 27.8 Å². The molecule has 100 valence electrons. The fourth-order valence-electron chi connectivity index (χ4n) is 4.01. The molecule has 0 atom stereocenters. The van der Waals surface area contributed by atoms with E-state index in [1.165, 1.54) is 38.9 Å². The molecular formula is C21H16. The van der Waals surface area contributed by atoms with Gasteiger partial charge in [-0.25, -0.2) is 0 Å². The van der Waals surface area contributed by atoms with Gasteiger partial charge in [0.25, 0.3) is 0 Å². The van der Waals surface area contributed by atoms with Crippen LogP contribution in [0.5, 0.6) is 0 Å². The highest BCUT2D eigenvalue weighted by Gasteiger charge is 2.27. The molecule has 5 rings (SSSR count). The van der Waals surface area contributed by atoms with Crippen LogP contribution >= 0.6 is 0 Å². The average Bonchev–Trinajstić information content (AvgIpc) is 3.05. The monoisotopic (exact) mass is 268 g/mol. The molecule has 0 saturated carbocycles. The molecule has 0 aromatic heterocycles. The molecule has 0 N–H and O–H groups in total. The van der Waals surface area contributed by atoms with E-state index in [0.29, 0.717) is 0 Å². The standard InChI is InChI=1S/C21H16/c1-13-6-7-15-12-21-18(19(15)10-13)9-8-17-16-5-3-2-4-14(16)11-20(17)21/h2-10H,11-12H2,1H3. The molecule has 0 bridgehead atoms. The smallest absolute Gasteiger partial charge is 0.00104 e. The largest absolute Gasteiger partial charge is 0.0619 e. The third kappa shape index (κ3) is 1.45. The Balaban J connectivity index is 1.76. The molecule has 21 heavy (non-hydrogen) atoms. The predicted octanol–water partition coefficient (Wildman–Crippen LogP) is 5.14. The van der Waals surface area contributed by atoms with E-state index in [2.05, 4.69) is 61.5 Å². The Morgan fingerprint density at radius 3 is 2.10 bits per heavy atom. The third-order valence-corrected chi connectivity index (χ3v) is 5.03. The third-order valence-electron chi connectivity index (χ3n) is 5.03. The minimum absolute atomic E-state index is 1.10. The summed E-state index contributed by atoms with van der Waals surface area (Å²) < 4.78 is 0. The molecule has 2 aliphatic carbocycles. The van der Waals surface area contributed by atoms with E-state index in [-0.39, 0.29) is 0 Å². The van der Waals surface area contributed by atoms with Gasteiger partial charge < -0.3 is 0 Å². The molecule has 0 nitrogen and oxygen atoms in total. The lowest BCUT2D eigenvalue weighted by atomic mass is 9.96. The molecular weight excluding hydrogens is 252 g/mol. The van der Waals surface area contributed by atoms with Crippen LogP contribution in [0.4, 0.5) is 0 Å². The van der Waals surface area contributed by atoms with Crippen molar-refractivity contribution in [3.63, 3.8) is 0 Å². The van der Waals surface area contributed by atoms with Crippen LogP contribution in [0, 0.1) is 6.92 Å². The summed E-state index contributed by atoms with van der Waals surface area (Å²) in [4.78, 5) is 0. The van der Waals surface area contributed by atoms with E-state index in [1.54, 1.807) is 11.1 Å². The predicted molar refractivity (Wildman–Crippen MR) is 87.7 cm³/mol. The summed E-state index contributed by atoms with van der Waals surface area (Å²) in [5.74, 6) is 0. The van der Waals surface area contributed by atoms with Gasteiger partial charge in [-0.05, 0) is 64.3 Å². The molecule has 0 heteroatoms. The maximum atomic E-state index is 2.34. The summed E-state index contributed by atoms with van der Waals surface area (Å²) in [6.45, 7) is 2.18. The number of aryl methyl sites for hydroxylation is 1. The maximum absolute atomic E-state index is 2.34. The van der Waals surface area contributed by atoms with Gasteiger partial charge in [-0.1, -0.05) is 60.2 Å². The Morgan fingerprint density at radius 1 is 0.619 bits per heavy atom. The quantitative estimate of drug-likeness (QED) is 0.365. The van der Waals surface area contributed by atoms with Crippen molar-refractivity contribution in [2.45, 2.75) is 19.8 Å². The highest BCUT2D eigenvalue weighted by Crippen LogP contribution is 2.46. The van der Waals surface area contributed by atoms with Crippen LogP contribution in [0.15, 0.2) is 54.6 Å². The highest BCUT2D eigenvalue weighted by molar-refractivity contribution is 5.86. The average molecular weight is 268 g/mol. The SMILES string of the molecule is Cc1ccc2c(c1)-c1ccc3c(c1C2)Cc1ccccc1-3. The molecule has 0 saturated heterocycles. The van der Waals surface area contributed by atoms with Crippen molar-refractivity contribution in [2.24, 2.45) is 0 Å². The van der Waals surface area contributed by atoms with Gasteiger partial charge in [-0.2, -0.15) is 0 Å². The van der Waals surface area contributed by atoms with Gasteiger partial charge >= 0.3 is 0 Å². The number of benzene rings is 3. The van der Waals surface area contributed by atoms with Crippen LogP contribution in [-0.2, 0) is 12.8 Å². The van der Waals surface area contributed by atoms with E-state index in [4.69, 9.17) is 0 Å². The maximum Gasteiger partial charge on any atom is -0.00104 e. The number of hydrogen-bond acceptors (Lipinski definition) is 0. The Bertz CT molecular complexity index is 900. The van der Waals surface area contributed by atoms with Gasteiger partial charge in [0.2, 0.25) is 0 Å². The zero-order chi connectivity index (χ0) is 14.0. The number of rotatable bonds is 0. The summed E-state index contributed by atoms with van der Waals surface area (Å²) in [6, 6.07) is 20.4. The van der Waals surface area contributed by atoms with Crippen LogP contribution in [0.2, 0.25) is 0 Å². The van der Waals surface area contributed by atoms with Crippen molar-refractivity contribution in [3.05, 3.63) is 82.4 Å². The first-order valence-electron chi connectivity index (χ1n) is 7.64. The van der Waals surface area contributed by atoms with Crippen molar-refractivity contribution in [2.75, 3.05) is 0 Å². The van der Waals surface area contributed by atoms with Crippen molar-refractivity contribution in [1.82, 2.24) is 0 Å². The van der Waals surface area contributed by atoms with Crippen molar-refractivity contribution < 1.29 is 0 Å². The first-order valence-corrected chi connectivity index (χ1v) is 7.64. The molecule has 0 radical (unpaired) electrons. The minimum Gasteiger partial charge on any atom is -0.0619 e. The molecule has 0 unspecified atom stereocenters. The molecule has 3 aromatic carbocycles. The zero-order valence-electron chi connectivity index (χ0n) is 12.1. The Morgan fingerprint density at radius 2 is 1.29 bits per heavy atom. The molecule has 0 heterocycles. The molecule has 0 aliphatic heterocycles. The van der Waals surface area contributed by atoms with Crippen molar-refractivity contribution >= 4 is 0 Å². The second kappa shape index (κ2) is 3.85. The van der Waals surface area contributed by atoms with Gasteiger partial charge in [-0.3, -0.25) is 0 Å². The van der Waals surface area contributed by atoms with Crippen LogP contribution in [0.3, 0.4) is 0 Å². The van der Waals surface area contributed by atoms with Gasteiger partial charge in [0.15, 0.2) is 0 Å². The van der Waals surface area contributed by atoms with Crippen molar-refractivity contribution in [3.8, 4) is 22.3 Å². The van der Waals surface area contributed by atoms with E-state index in [0.717, 1.165) is 12.8 Å². The normalized spacial score (nSPS) is 13.6. The topological polar surface area (TPSA) is 0 Å². The summed E-state index contributed by atoms with van der Waals surface area (Å²) in [5, 5.41) is 0. The molecule has 0 amide bonds. The lowest BCUT2D eigenvalue weighted by molar-refractivity contribution is 1.16. The van der Waals surface area contributed by atoms with Gasteiger partial charge in [-0.15, -0.1) is 0 Å². The summed E-state index contributed by atoms with van der Waals surface area (Å²) in [5.41, 5.74) is 13.2. The summed E-state index contributed by atoms with van der Waals surface area (Å²) >= 11 is 0. The Kier molecular flexibility index (Phi) is 2.08. The van der Waals surface area contributed by atoms with E-state index in [1.807, 2.05) is 0 Å². The summed E-state index contributed by atoms with van der Waals surface area (Å²) in [7, 11) is 0. The number of fused-ring (bicyclic) bond motifs is 7. The highest BCUT2D eigenvalue weighted by atomic mass is 14.3. The zero-order valence-corrected chi connectivity index (χ0v) is 12.1. The Hall–Kier alpha value is -2.34. The molecule has 2 aliphatic rings. The second-order valence-electron chi connectivity index (χ2n) is 6.29. The first kappa shape index (κ1) is 11.3. The molecule has 0 spiro atoms. The van der Waals surface area contributed by atoms with Gasteiger partial charge in [0.1, 0.15) is 0 Å². The van der Waals surface area contributed by atoms with E-state index < -0.39 is 0 Å². The van der Waals surface area contributed by atoms with E-state index in [9.17, 15) is 0 Å². The Labute approximate surface area is 125 Å². The van der Waals surface area contributed by atoms with Crippen LogP contribution in [-0.4, -0.2) is 0 Å². The minimum atomic E-state index is 1.10. The van der Waals surface area contributed by atoms with Gasteiger partial charge in [0.05, 0.1) is 0 Å². The van der Waals surface area contributed by atoms with Crippen LogP contribution < -0.4 is 0 Å². The lowest BCUT2D eigenvalue weighted by Gasteiger charge is -2.08. The molecule has 3 aromatic rings. The fraction of sp³-hybridized carbons (Fsp3) is 0.143. The lowest BCUT2D eigenvalue weighted by Crippen LogP contribution is -1.90. The van der Waals surface area contributed by atoms with Gasteiger partial charge in [0, 0.05) is 0 Å². The van der Waals surface area contributed by atoms with E-state index >= 15 is 0 Å². The fourth-order valence-corrected chi connectivity index (χ4v) is 4.01.